The topological polar surface area (TPSA) is 85.8 Å². The van der Waals surface area contributed by atoms with Crippen molar-refractivity contribution in [1.29, 1.82) is 0 Å². The molecule has 1 saturated heterocycles. The monoisotopic (exact) mass is 486 g/mol. The molecule has 178 valence electrons. The summed E-state index contributed by atoms with van der Waals surface area (Å²) in [5, 5.41) is 3.62. The zero-order chi connectivity index (χ0) is 24.2. The summed E-state index contributed by atoms with van der Waals surface area (Å²) < 4.78 is 31.3. The van der Waals surface area contributed by atoms with Gasteiger partial charge in [-0.15, -0.1) is 0 Å². The molecule has 10 heteroatoms. The van der Waals surface area contributed by atoms with Gasteiger partial charge >= 0.3 is 6.09 Å². The van der Waals surface area contributed by atoms with Crippen LogP contribution in [-0.2, 0) is 4.74 Å². The fourth-order valence-corrected chi connectivity index (χ4v) is 3.87. The van der Waals surface area contributed by atoms with E-state index < -0.39 is 11.9 Å². The number of nitrogens with zero attached hydrogens (tertiary/aromatic N) is 3. The second kappa shape index (κ2) is 10.1. The lowest BCUT2D eigenvalue weighted by Gasteiger charge is -2.31. The summed E-state index contributed by atoms with van der Waals surface area (Å²) in [5.41, 5.74) is 0.793. The number of allylic oxidation sites excluding steroid dienone is 1. The van der Waals surface area contributed by atoms with Gasteiger partial charge in [0.25, 0.3) is 0 Å². The molecule has 0 unspecified atom stereocenters. The number of amides is 1. The molecule has 4 rings (SSSR count). The number of hydrogen-bond acceptors (Lipinski definition) is 7. The van der Waals surface area contributed by atoms with E-state index in [-0.39, 0.29) is 16.8 Å². The number of fused-ring (bicyclic) bond motifs is 1. The quantitative estimate of drug-likeness (QED) is 0.448. The SMILES string of the molecule is C=C(C)OC(=O)N1CCC(Oc2cc3c(Nc4cccc(Cl)c4F)ncnc3cc2OC)CC1. The zero-order valence-electron chi connectivity index (χ0n) is 18.8. The van der Waals surface area contributed by atoms with Gasteiger partial charge in [0.15, 0.2) is 17.3 Å². The van der Waals surface area contributed by atoms with E-state index in [1.165, 1.54) is 12.4 Å². The highest BCUT2D eigenvalue weighted by molar-refractivity contribution is 6.31. The predicted molar refractivity (Wildman–Crippen MR) is 127 cm³/mol. The number of aromatic nitrogens is 2. The van der Waals surface area contributed by atoms with Gasteiger partial charge in [0.2, 0.25) is 0 Å². The fourth-order valence-electron chi connectivity index (χ4n) is 3.69. The van der Waals surface area contributed by atoms with Crippen molar-refractivity contribution in [2.75, 3.05) is 25.5 Å². The first-order valence-corrected chi connectivity index (χ1v) is 11.1. The molecule has 1 fully saturated rings. The largest absolute Gasteiger partial charge is 0.493 e. The predicted octanol–water partition coefficient (Wildman–Crippen LogP) is 5.69. The van der Waals surface area contributed by atoms with Gasteiger partial charge in [-0.1, -0.05) is 24.2 Å². The van der Waals surface area contributed by atoms with Crippen LogP contribution in [0.25, 0.3) is 10.9 Å². The average molecular weight is 487 g/mol. The summed E-state index contributed by atoms with van der Waals surface area (Å²) in [6.07, 6.45) is 2.09. The van der Waals surface area contributed by atoms with Crippen molar-refractivity contribution >= 4 is 40.1 Å². The number of hydrogen-bond donors (Lipinski definition) is 1. The Balaban J connectivity index is 1.56. The number of methoxy groups -OCH3 is 1. The van der Waals surface area contributed by atoms with Crippen LogP contribution in [0.1, 0.15) is 19.8 Å². The van der Waals surface area contributed by atoms with Gasteiger partial charge in [0.05, 0.1) is 29.1 Å². The standard InChI is InChI=1S/C24H24ClFN4O4/c1-14(2)33-24(31)30-9-7-15(8-10-30)34-21-11-16-19(12-20(21)32-3)27-13-28-23(16)29-18-6-4-5-17(25)22(18)26/h4-6,11-13,15H,1,7-10H2,2-3H3,(H,27,28,29). The van der Waals surface area contributed by atoms with Gasteiger partial charge in [-0.05, 0) is 25.1 Å². The van der Waals surface area contributed by atoms with E-state index in [1.54, 1.807) is 43.2 Å². The number of benzene rings is 2. The summed E-state index contributed by atoms with van der Waals surface area (Å²) in [6.45, 7) is 6.22. The molecule has 34 heavy (non-hydrogen) atoms. The van der Waals surface area contributed by atoms with Crippen molar-refractivity contribution in [2.45, 2.75) is 25.9 Å². The minimum Gasteiger partial charge on any atom is -0.493 e. The molecule has 1 amide bonds. The third kappa shape index (κ3) is 5.14. The summed E-state index contributed by atoms with van der Waals surface area (Å²) in [7, 11) is 1.55. The van der Waals surface area contributed by atoms with E-state index in [2.05, 4.69) is 21.9 Å². The molecular weight excluding hydrogens is 463 g/mol. The van der Waals surface area contributed by atoms with Crippen LogP contribution in [-0.4, -0.2) is 47.3 Å². The average Bonchev–Trinajstić information content (AvgIpc) is 2.82. The first-order valence-electron chi connectivity index (χ1n) is 10.7. The number of nitrogens with one attached hydrogen (secondary N) is 1. The van der Waals surface area contributed by atoms with Gasteiger partial charge in [-0.2, -0.15) is 0 Å². The number of ether oxygens (including phenoxy) is 3. The Morgan fingerprint density at radius 3 is 2.71 bits per heavy atom. The normalized spacial score (nSPS) is 14.1. The smallest absolute Gasteiger partial charge is 0.414 e. The van der Waals surface area contributed by atoms with Crippen LogP contribution < -0.4 is 14.8 Å². The van der Waals surface area contributed by atoms with Gasteiger partial charge in [-0.3, -0.25) is 0 Å². The molecule has 2 heterocycles. The molecule has 1 aromatic heterocycles. The molecule has 0 saturated carbocycles. The summed E-state index contributed by atoms with van der Waals surface area (Å²) in [6, 6.07) is 8.20. The van der Waals surface area contributed by atoms with Gasteiger partial charge < -0.3 is 24.4 Å². The van der Waals surface area contributed by atoms with Crippen LogP contribution in [0.3, 0.4) is 0 Å². The van der Waals surface area contributed by atoms with Crippen molar-refractivity contribution in [1.82, 2.24) is 14.9 Å². The van der Waals surface area contributed by atoms with Crippen LogP contribution in [0.4, 0.5) is 20.7 Å². The summed E-state index contributed by atoms with van der Waals surface area (Å²) in [5.74, 6) is 1.19. The lowest BCUT2D eigenvalue weighted by Crippen LogP contribution is -2.41. The zero-order valence-corrected chi connectivity index (χ0v) is 19.6. The van der Waals surface area contributed by atoms with Gasteiger partial charge in [0, 0.05) is 37.4 Å². The number of halogens is 2. The van der Waals surface area contributed by atoms with Crippen molar-refractivity contribution in [2.24, 2.45) is 0 Å². The van der Waals surface area contributed by atoms with Crippen LogP contribution >= 0.6 is 11.6 Å². The second-order valence-electron chi connectivity index (χ2n) is 7.84. The lowest BCUT2D eigenvalue weighted by molar-refractivity contribution is 0.0807. The first kappa shape index (κ1) is 23.6. The fraction of sp³-hybridized carbons (Fsp3) is 0.292. The van der Waals surface area contributed by atoms with Crippen LogP contribution in [0.5, 0.6) is 11.5 Å². The molecule has 3 aromatic rings. The maximum absolute atomic E-state index is 14.4. The van der Waals surface area contributed by atoms with Crippen LogP contribution in [0, 0.1) is 5.82 Å². The Kier molecular flexibility index (Phi) is 7.02. The maximum Gasteiger partial charge on any atom is 0.414 e. The number of rotatable bonds is 6. The van der Waals surface area contributed by atoms with Gasteiger partial charge in [-0.25, -0.2) is 19.2 Å². The van der Waals surface area contributed by atoms with E-state index in [4.69, 9.17) is 25.8 Å². The van der Waals surface area contributed by atoms with Crippen molar-refractivity contribution < 1.29 is 23.4 Å². The molecule has 0 radical (unpaired) electrons. The highest BCUT2D eigenvalue weighted by atomic mass is 35.5. The highest BCUT2D eigenvalue weighted by Crippen LogP contribution is 2.36. The minimum absolute atomic E-state index is 0.00697. The first-order chi connectivity index (χ1) is 16.4. The number of likely N-dealkylation sites (tertiary alicyclic amines) is 1. The summed E-state index contributed by atoms with van der Waals surface area (Å²) in [4.78, 5) is 22.3. The molecule has 0 spiro atoms. The molecule has 2 aromatic carbocycles. The maximum atomic E-state index is 14.4. The molecule has 1 N–H and O–H groups in total. The third-order valence-corrected chi connectivity index (χ3v) is 5.67. The molecule has 0 aliphatic carbocycles. The third-order valence-electron chi connectivity index (χ3n) is 5.38. The Labute approximate surface area is 201 Å². The Bertz CT molecular complexity index is 1230. The lowest BCUT2D eigenvalue weighted by atomic mass is 10.1. The number of anilines is 2. The second-order valence-corrected chi connectivity index (χ2v) is 8.25. The van der Waals surface area contributed by atoms with E-state index in [9.17, 15) is 9.18 Å². The number of piperidine rings is 1. The molecule has 0 bridgehead atoms. The van der Waals surface area contributed by atoms with Gasteiger partial charge in [0.1, 0.15) is 18.2 Å². The molecule has 1 aliphatic rings. The Morgan fingerprint density at radius 1 is 1.24 bits per heavy atom. The van der Waals surface area contributed by atoms with E-state index >= 15 is 0 Å². The van der Waals surface area contributed by atoms with Crippen LogP contribution in [0.2, 0.25) is 5.02 Å². The van der Waals surface area contributed by atoms with E-state index in [1.807, 2.05) is 0 Å². The Morgan fingerprint density at radius 2 is 2.00 bits per heavy atom. The number of carbonyl (C=O) groups is 1. The minimum atomic E-state index is -0.571. The highest BCUT2D eigenvalue weighted by Gasteiger charge is 2.26. The van der Waals surface area contributed by atoms with Crippen molar-refractivity contribution in [3.63, 3.8) is 0 Å². The molecule has 8 nitrogen and oxygen atoms in total. The summed E-state index contributed by atoms with van der Waals surface area (Å²) >= 11 is 5.91. The van der Waals surface area contributed by atoms with Crippen LogP contribution in [0.15, 0.2) is 49.0 Å². The Hall–Kier alpha value is -3.59. The number of carbonyl (C=O) groups excluding carboxylic acids is 1. The molecular formula is C24H24ClFN4O4. The molecule has 1 aliphatic heterocycles. The van der Waals surface area contributed by atoms with Crippen molar-refractivity contribution in [3.8, 4) is 11.5 Å². The van der Waals surface area contributed by atoms with Crippen molar-refractivity contribution in [3.05, 3.63) is 59.8 Å². The van der Waals surface area contributed by atoms with E-state index in [0.717, 1.165) is 0 Å². The van der Waals surface area contributed by atoms with E-state index in [0.29, 0.717) is 59.9 Å². The molecule has 0 atom stereocenters.